The van der Waals surface area contributed by atoms with Gasteiger partial charge in [-0.05, 0) is 60.6 Å². The lowest BCUT2D eigenvalue weighted by atomic mass is 9.90. The summed E-state index contributed by atoms with van der Waals surface area (Å²) in [6.07, 6.45) is -2.24. The Labute approximate surface area is 187 Å². The van der Waals surface area contributed by atoms with Gasteiger partial charge < -0.3 is 14.2 Å². The van der Waals surface area contributed by atoms with Crippen LogP contribution in [0.4, 0.5) is 9.59 Å². The number of rotatable bonds is 4. The first-order valence-corrected chi connectivity index (χ1v) is 9.91. The maximum Gasteiger partial charge on any atom is 0.431 e. The molecule has 0 aliphatic carbocycles. The molecule has 0 bridgehead atoms. The van der Waals surface area contributed by atoms with Crippen LogP contribution in [-0.2, 0) is 24.5 Å². The van der Waals surface area contributed by atoms with Crippen LogP contribution in [0.1, 0.15) is 54.0 Å². The molecule has 0 aliphatic rings. The Balaban J connectivity index is 3.67. The largest absolute Gasteiger partial charge is 0.463 e. The zero-order chi connectivity index (χ0) is 24.0. The van der Waals surface area contributed by atoms with Crippen molar-refractivity contribution < 1.29 is 28.6 Å². The molecule has 0 saturated carbocycles. The van der Waals surface area contributed by atoms with E-state index in [0.717, 1.165) is 0 Å². The van der Waals surface area contributed by atoms with E-state index in [4.69, 9.17) is 25.8 Å². The van der Waals surface area contributed by atoms with Gasteiger partial charge >= 0.3 is 18.2 Å². The molecule has 0 fully saturated rings. The minimum atomic E-state index is -2.42. The SMILES string of the molecule is CCOC(=O)[C@@](C#N)(c1ccc(Cl)cc1)N(NC(=O)OC(C)(C)C)C(=O)OC(C)(C)C. The van der Waals surface area contributed by atoms with E-state index < -0.39 is 34.9 Å². The number of carbonyl (C=O) groups excluding carboxylic acids is 3. The minimum Gasteiger partial charge on any atom is -0.463 e. The number of halogens is 1. The van der Waals surface area contributed by atoms with Crippen LogP contribution in [0.5, 0.6) is 0 Å². The first-order chi connectivity index (χ1) is 14.2. The zero-order valence-electron chi connectivity index (χ0n) is 18.7. The molecule has 1 rings (SSSR count). The molecule has 0 heterocycles. The summed E-state index contributed by atoms with van der Waals surface area (Å²) in [6.45, 7) is 11.1. The van der Waals surface area contributed by atoms with Crippen molar-refractivity contribution in [2.24, 2.45) is 0 Å². The van der Waals surface area contributed by atoms with E-state index in [1.54, 1.807) is 48.5 Å². The lowest BCUT2D eigenvalue weighted by Gasteiger charge is -2.37. The standard InChI is InChI=1S/C21H28ClN3O6/c1-8-29-16(26)21(13-23,14-9-11-15(22)12-10-14)25(18(28)31-20(5,6)7)24-17(27)30-19(2,3)4/h9-12H,8H2,1-7H3,(H,24,27)/t21-/m1/s1. The van der Waals surface area contributed by atoms with E-state index in [1.165, 1.54) is 24.3 Å². The summed E-state index contributed by atoms with van der Waals surface area (Å²) in [4.78, 5) is 38.6. The third-order valence-corrected chi connectivity index (χ3v) is 3.76. The van der Waals surface area contributed by atoms with Gasteiger partial charge in [0.15, 0.2) is 0 Å². The third-order valence-electron chi connectivity index (χ3n) is 3.51. The first kappa shape index (κ1) is 26.0. The number of benzene rings is 1. The van der Waals surface area contributed by atoms with Crippen LogP contribution in [0.15, 0.2) is 24.3 Å². The molecule has 0 saturated heterocycles. The van der Waals surface area contributed by atoms with Crippen LogP contribution in [-0.4, -0.2) is 41.0 Å². The molecule has 10 heteroatoms. The predicted octanol–water partition coefficient (Wildman–Crippen LogP) is 4.30. The van der Waals surface area contributed by atoms with E-state index in [1.807, 2.05) is 6.07 Å². The van der Waals surface area contributed by atoms with E-state index in [-0.39, 0.29) is 12.2 Å². The number of hydrogen-bond donors (Lipinski definition) is 1. The number of amides is 2. The molecule has 31 heavy (non-hydrogen) atoms. The number of nitrogens with zero attached hydrogens (tertiary/aromatic N) is 2. The van der Waals surface area contributed by atoms with Gasteiger partial charge in [0.25, 0.3) is 5.54 Å². The van der Waals surface area contributed by atoms with E-state index >= 15 is 0 Å². The minimum absolute atomic E-state index is 0.0276. The van der Waals surface area contributed by atoms with Crippen molar-refractivity contribution in [3.8, 4) is 6.07 Å². The molecule has 0 aromatic heterocycles. The predicted molar refractivity (Wildman–Crippen MR) is 113 cm³/mol. The van der Waals surface area contributed by atoms with Crippen LogP contribution < -0.4 is 5.43 Å². The number of nitrogens with one attached hydrogen (secondary N) is 1. The maximum absolute atomic E-state index is 13.1. The van der Waals surface area contributed by atoms with Crippen LogP contribution >= 0.6 is 11.6 Å². The zero-order valence-corrected chi connectivity index (χ0v) is 19.5. The first-order valence-electron chi connectivity index (χ1n) is 9.53. The van der Waals surface area contributed by atoms with Gasteiger partial charge in [-0.25, -0.2) is 19.8 Å². The van der Waals surface area contributed by atoms with Crippen LogP contribution in [0.2, 0.25) is 5.02 Å². The number of carbonyl (C=O) groups is 3. The normalized spacial score (nSPS) is 13.3. The highest BCUT2D eigenvalue weighted by Gasteiger charge is 2.53. The van der Waals surface area contributed by atoms with Crippen molar-refractivity contribution in [3.63, 3.8) is 0 Å². The monoisotopic (exact) mass is 453 g/mol. The summed E-state index contributed by atoms with van der Waals surface area (Å²) >= 11 is 5.94. The molecule has 0 spiro atoms. The quantitative estimate of drug-likeness (QED) is 0.410. The third kappa shape index (κ3) is 7.03. The summed E-state index contributed by atoms with van der Waals surface area (Å²) in [6, 6.07) is 7.42. The summed E-state index contributed by atoms with van der Waals surface area (Å²) in [7, 11) is 0. The van der Waals surface area contributed by atoms with Crippen LogP contribution in [0, 0.1) is 11.3 Å². The van der Waals surface area contributed by atoms with Gasteiger partial charge in [-0.2, -0.15) is 10.3 Å². The fourth-order valence-corrected chi connectivity index (χ4v) is 2.52. The number of nitriles is 1. The molecule has 0 radical (unpaired) electrons. The van der Waals surface area contributed by atoms with Gasteiger partial charge in [0.1, 0.15) is 17.3 Å². The van der Waals surface area contributed by atoms with Crippen molar-refractivity contribution in [2.75, 3.05) is 6.61 Å². The second-order valence-electron chi connectivity index (χ2n) is 8.48. The summed E-state index contributed by atoms with van der Waals surface area (Å²) in [5.74, 6) is -1.10. The summed E-state index contributed by atoms with van der Waals surface area (Å²) < 4.78 is 15.6. The van der Waals surface area contributed by atoms with Gasteiger partial charge in [-0.1, -0.05) is 23.7 Å². The van der Waals surface area contributed by atoms with E-state index in [9.17, 15) is 19.6 Å². The molecule has 1 aromatic rings. The van der Waals surface area contributed by atoms with Crippen molar-refractivity contribution in [2.45, 2.75) is 65.2 Å². The Morgan fingerprint density at radius 2 is 1.55 bits per heavy atom. The summed E-state index contributed by atoms with van der Waals surface area (Å²) in [5, 5.41) is 11.0. The second-order valence-corrected chi connectivity index (χ2v) is 8.92. The Kier molecular flexibility index (Phi) is 8.30. The molecule has 0 aliphatic heterocycles. The van der Waals surface area contributed by atoms with Crippen molar-refractivity contribution >= 4 is 29.8 Å². The van der Waals surface area contributed by atoms with Crippen molar-refractivity contribution in [3.05, 3.63) is 34.9 Å². The van der Waals surface area contributed by atoms with Crippen LogP contribution in [0.3, 0.4) is 0 Å². The molecule has 9 nitrogen and oxygen atoms in total. The highest BCUT2D eigenvalue weighted by Crippen LogP contribution is 2.31. The van der Waals surface area contributed by atoms with Gasteiger partial charge in [0.05, 0.1) is 6.61 Å². The molecular weight excluding hydrogens is 426 g/mol. The average molecular weight is 454 g/mol. The number of esters is 1. The van der Waals surface area contributed by atoms with Gasteiger partial charge in [-0.3, -0.25) is 0 Å². The molecular formula is C21H28ClN3O6. The van der Waals surface area contributed by atoms with E-state index in [0.29, 0.717) is 10.0 Å². The number of hydrogen-bond acceptors (Lipinski definition) is 7. The molecule has 170 valence electrons. The number of ether oxygens (including phenoxy) is 3. The highest BCUT2D eigenvalue weighted by atomic mass is 35.5. The van der Waals surface area contributed by atoms with Crippen molar-refractivity contribution in [1.82, 2.24) is 10.4 Å². The van der Waals surface area contributed by atoms with E-state index in [2.05, 4.69) is 5.43 Å². The Bertz CT molecular complexity index is 852. The van der Waals surface area contributed by atoms with Gasteiger partial charge in [-0.15, -0.1) is 0 Å². The fourth-order valence-electron chi connectivity index (χ4n) is 2.39. The maximum atomic E-state index is 13.1. The molecule has 1 aromatic carbocycles. The van der Waals surface area contributed by atoms with Gasteiger partial charge in [0, 0.05) is 10.6 Å². The molecule has 1 atom stereocenters. The Hall–Kier alpha value is -2.99. The fraction of sp³-hybridized carbons (Fsp3) is 0.524. The Morgan fingerprint density at radius 3 is 1.97 bits per heavy atom. The topological polar surface area (TPSA) is 118 Å². The van der Waals surface area contributed by atoms with Crippen molar-refractivity contribution in [1.29, 1.82) is 5.26 Å². The highest BCUT2D eigenvalue weighted by molar-refractivity contribution is 6.30. The molecule has 2 amide bonds. The number of hydrazine groups is 1. The van der Waals surface area contributed by atoms with Gasteiger partial charge in [0.2, 0.25) is 0 Å². The lowest BCUT2D eigenvalue weighted by molar-refractivity contribution is -0.156. The lowest BCUT2D eigenvalue weighted by Crippen LogP contribution is -2.62. The smallest absolute Gasteiger partial charge is 0.431 e. The van der Waals surface area contributed by atoms with Crippen LogP contribution in [0.25, 0.3) is 0 Å². The molecule has 0 unspecified atom stereocenters. The Morgan fingerprint density at radius 1 is 1.03 bits per heavy atom. The second kappa shape index (κ2) is 9.88. The molecule has 1 N–H and O–H groups in total. The summed E-state index contributed by atoms with van der Waals surface area (Å²) in [5.41, 5.74) is -2.12. The average Bonchev–Trinajstić information content (AvgIpc) is 2.60.